The molecule has 2 aliphatic rings. The predicted octanol–water partition coefficient (Wildman–Crippen LogP) is 1.71. The molecule has 1 atom stereocenters. The molecule has 0 radical (unpaired) electrons. The van der Waals surface area contributed by atoms with Gasteiger partial charge in [-0.2, -0.15) is 0 Å². The Labute approximate surface area is 109 Å². The minimum absolute atomic E-state index is 0.0800. The van der Waals surface area contributed by atoms with E-state index in [4.69, 9.17) is 4.74 Å². The van der Waals surface area contributed by atoms with Crippen molar-refractivity contribution in [3.05, 3.63) is 0 Å². The van der Waals surface area contributed by atoms with E-state index in [1.165, 1.54) is 19.3 Å². The fourth-order valence-corrected chi connectivity index (χ4v) is 3.03. The lowest BCUT2D eigenvalue weighted by Gasteiger charge is -2.45. The first kappa shape index (κ1) is 13.8. The second-order valence-corrected chi connectivity index (χ2v) is 5.67. The first-order valence-electron chi connectivity index (χ1n) is 7.25. The molecule has 4 heteroatoms. The van der Waals surface area contributed by atoms with E-state index < -0.39 is 6.10 Å². The first-order valence-corrected chi connectivity index (χ1v) is 7.25. The number of morpholine rings is 1. The zero-order chi connectivity index (χ0) is 13.0. The Balaban J connectivity index is 1.91. The van der Waals surface area contributed by atoms with Crippen LogP contribution in [0.5, 0.6) is 0 Å². The number of aliphatic hydroxyl groups is 1. The van der Waals surface area contributed by atoms with Crippen molar-refractivity contribution >= 4 is 5.91 Å². The average Bonchev–Trinajstić information content (AvgIpc) is 2.39. The Morgan fingerprint density at radius 3 is 2.78 bits per heavy atom. The van der Waals surface area contributed by atoms with Crippen molar-refractivity contribution in [2.24, 2.45) is 0 Å². The van der Waals surface area contributed by atoms with Gasteiger partial charge in [-0.15, -0.1) is 0 Å². The molecule has 2 rings (SSSR count). The summed E-state index contributed by atoms with van der Waals surface area (Å²) < 4.78 is 5.96. The van der Waals surface area contributed by atoms with Gasteiger partial charge in [0.2, 0.25) is 5.91 Å². The molecule has 2 fully saturated rings. The van der Waals surface area contributed by atoms with Crippen LogP contribution in [-0.4, -0.2) is 47.3 Å². The van der Waals surface area contributed by atoms with Gasteiger partial charge in [0.25, 0.3) is 0 Å². The number of hydrogen-bond acceptors (Lipinski definition) is 3. The Kier molecular flexibility index (Phi) is 4.62. The van der Waals surface area contributed by atoms with Gasteiger partial charge in [-0.05, 0) is 19.3 Å². The van der Waals surface area contributed by atoms with Crippen molar-refractivity contribution in [1.82, 2.24) is 4.90 Å². The molecule has 0 aromatic heterocycles. The molecule has 18 heavy (non-hydrogen) atoms. The van der Waals surface area contributed by atoms with Crippen molar-refractivity contribution in [1.29, 1.82) is 0 Å². The summed E-state index contributed by atoms with van der Waals surface area (Å²) in [6.07, 6.45) is 6.25. The number of carbonyl (C=O) groups excluding carboxylic acids is 1. The highest BCUT2D eigenvalue weighted by atomic mass is 16.5. The van der Waals surface area contributed by atoms with Crippen LogP contribution in [0.15, 0.2) is 0 Å². The smallest absolute Gasteiger partial charge is 0.225 e. The Morgan fingerprint density at radius 1 is 1.39 bits per heavy atom. The van der Waals surface area contributed by atoms with Crippen LogP contribution >= 0.6 is 0 Å². The van der Waals surface area contributed by atoms with Crippen LogP contribution < -0.4 is 0 Å². The topological polar surface area (TPSA) is 49.8 Å². The molecule has 0 aromatic carbocycles. The van der Waals surface area contributed by atoms with E-state index in [0.717, 1.165) is 19.4 Å². The molecule has 0 aromatic rings. The second-order valence-electron chi connectivity index (χ2n) is 5.67. The summed E-state index contributed by atoms with van der Waals surface area (Å²) in [6.45, 7) is 3.95. The van der Waals surface area contributed by atoms with E-state index in [2.05, 4.69) is 0 Å². The number of ether oxygens (including phenoxy) is 1. The Morgan fingerprint density at radius 2 is 2.11 bits per heavy atom. The Hall–Kier alpha value is -0.610. The lowest BCUT2D eigenvalue weighted by atomic mass is 9.83. The molecular weight excluding hydrogens is 230 g/mol. The Bertz CT molecular complexity index is 281. The molecule has 4 nitrogen and oxygen atoms in total. The lowest BCUT2D eigenvalue weighted by molar-refractivity contribution is -0.157. The van der Waals surface area contributed by atoms with Gasteiger partial charge in [0.1, 0.15) is 0 Å². The number of nitrogens with zero attached hydrogens (tertiary/aromatic N) is 1. The van der Waals surface area contributed by atoms with Crippen LogP contribution in [0.1, 0.15) is 51.9 Å². The van der Waals surface area contributed by atoms with Crippen molar-refractivity contribution < 1.29 is 14.6 Å². The van der Waals surface area contributed by atoms with Crippen LogP contribution in [0.25, 0.3) is 0 Å². The first-order chi connectivity index (χ1) is 8.65. The maximum Gasteiger partial charge on any atom is 0.225 e. The number of carbonyl (C=O) groups is 1. The van der Waals surface area contributed by atoms with Crippen LogP contribution in [-0.2, 0) is 9.53 Å². The summed E-state index contributed by atoms with van der Waals surface area (Å²) >= 11 is 0. The van der Waals surface area contributed by atoms with Gasteiger partial charge in [0.15, 0.2) is 0 Å². The summed E-state index contributed by atoms with van der Waals surface area (Å²) in [5.74, 6) is 0.0811. The molecule has 1 spiro atoms. The molecule has 1 aliphatic heterocycles. The van der Waals surface area contributed by atoms with E-state index in [1.54, 1.807) is 0 Å². The fourth-order valence-electron chi connectivity index (χ4n) is 3.03. The molecule has 104 valence electrons. The summed E-state index contributed by atoms with van der Waals surface area (Å²) in [6, 6.07) is 0. The van der Waals surface area contributed by atoms with E-state index in [1.807, 2.05) is 11.8 Å². The molecular formula is C14H25NO3. The minimum Gasteiger partial charge on any atom is -0.393 e. The number of aliphatic hydroxyl groups excluding tert-OH is 1. The molecule has 0 unspecified atom stereocenters. The summed E-state index contributed by atoms with van der Waals surface area (Å²) in [4.78, 5) is 14.0. The van der Waals surface area contributed by atoms with Gasteiger partial charge in [-0.1, -0.05) is 26.2 Å². The number of amides is 1. The predicted molar refractivity (Wildman–Crippen MR) is 69.3 cm³/mol. The maximum atomic E-state index is 12.1. The summed E-state index contributed by atoms with van der Waals surface area (Å²) in [5, 5.41) is 9.58. The summed E-state index contributed by atoms with van der Waals surface area (Å²) in [7, 11) is 0. The third kappa shape index (κ3) is 3.23. The van der Waals surface area contributed by atoms with E-state index in [0.29, 0.717) is 19.6 Å². The highest BCUT2D eigenvalue weighted by Crippen LogP contribution is 2.34. The third-order valence-corrected chi connectivity index (χ3v) is 4.25. The normalized spacial score (nSPS) is 25.1. The van der Waals surface area contributed by atoms with E-state index in [-0.39, 0.29) is 17.9 Å². The average molecular weight is 255 g/mol. The van der Waals surface area contributed by atoms with Gasteiger partial charge in [-0.3, -0.25) is 4.79 Å². The standard InChI is InChI=1S/C14H25NO3/c1-2-12(16)10-13(17)15-8-9-18-14(11-15)6-4-3-5-7-14/h12,16H,2-11H2,1H3/t12-/m1/s1. The van der Waals surface area contributed by atoms with E-state index >= 15 is 0 Å². The maximum absolute atomic E-state index is 12.1. The van der Waals surface area contributed by atoms with Crippen molar-refractivity contribution in [3.63, 3.8) is 0 Å². The highest BCUT2D eigenvalue weighted by Gasteiger charge is 2.39. The van der Waals surface area contributed by atoms with Crippen molar-refractivity contribution in [2.75, 3.05) is 19.7 Å². The van der Waals surface area contributed by atoms with Crippen molar-refractivity contribution in [2.45, 2.75) is 63.6 Å². The van der Waals surface area contributed by atoms with Gasteiger partial charge in [-0.25, -0.2) is 0 Å². The van der Waals surface area contributed by atoms with E-state index in [9.17, 15) is 9.90 Å². The lowest BCUT2D eigenvalue weighted by Crippen LogP contribution is -2.54. The molecule has 0 bridgehead atoms. The zero-order valence-corrected chi connectivity index (χ0v) is 11.4. The molecule has 1 N–H and O–H groups in total. The number of hydrogen-bond donors (Lipinski definition) is 1. The molecule has 1 amide bonds. The van der Waals surface area contributed by atoms with Gasteiger partial charge < -0.3 is 14.7 Å². The van der Waals surface area contributed by atoms with Gasteiger partial charge in [0.05, 0.1) is 24.7 Å². The zero-order valence-electron chi connectivity index (χ0n) is 11.4. The van der Waals surface area contributed by atoms with Gasteiger partial charge in [0, 0.05) is 13.1 Å². The third-order valence-electron chi connectivity index (χ3n) is 4.25. The number of rotatable bonds is 3. The molecule has 1 aliphatic carbocycles. The molecule has 1 heterocycles. The van der Waals surface area contributed by atoms with Gasteiger partial charge >= 0.3 is 0 Å². The highest BCUT2D eigenvalue weighted by molar-refractivity contribution is 5.76. The van der Waals surface area contributed by atoms with Crippen LogP contribution in [0, 0.1) is 0 Å². The molecule has 1 saturated heterocycles. The van der Waals surface area contributed by atoms with Crippen LogP contribution in [0.3, 0.4) is 0 Å². The summed E-state index contributed by atoms with van der Waals surface area (Å²) in [5.41, 5.74) is -0.0800. The molecule has 1 saturated carbocycles. The van der Waals surface area contributed by atoms with Crippen LogP contribution in [0.4, 0.5) is 0 Å². The van der Waals surface area contributed by atoms with Crippen LogP contribution in [0.2, 0.25) is 0 Å². The minimum atomic E-state index is -0.498. The van der Waals surface area contributed by atoms with Crippen molar-refractivity contribution in [3.8, 4) is 0 Å². The monoisotopic (exact) mass is 255 g/mol. The SMILES string of the molecule is CC[C@@H](O)CC(=O)N1CCOC2(CCCCC2)C1. The fraction of sp³-hybridized carbons (Fsp3) is 0.929. The second kappa shape index (κ2) is 6.02. The largest absolute Gasteiger partial charge is 0.393 e. The quantitative estimate of drug-likeness (QED) is 0.835.